The van der Waals surface area contributed by atoms with Crippen LogP contribution in [0, 0.1) is 6.92 Å². The van der Waals surface area contributed by atoms with E-state index in [0.29, 0.717) is 24.4 Å². The fourth-order valence-corrected chi connectivity index (χ4v) is 5.21. The summed E-state index contributed by atoms with van der Waals surface area (Å²) in [7, 11) is 1.61. The molecular formula is C24H26N4O3S2. The number of methoxy groups -OCH3 is 1. The van der Waals surface area contributed by atoms with Crippen LogP contribution in [0.2, 0.25) is 0 Å². The van der Waals surface area contributed by atoms with Crippen molar-refractivity contribution in [3.63, 3.8) is 0 Å². The third-order valence-electron chi connectivity index (χ3n) is 5.34. The van der Waals surface area contributed by atoms with E-state index in [4.69, 9.17) is 4.74 Å². The number of carbonyl (C=O) groups is 2. The average molecular weight is 483 g/mol. The molecule has 3 aromatic rings. The molecule has 0 spiro atoms. The molecule has 1 aliphatic heterocycles. The van der Waals surface area contributed by atoms with Crippen LogP contribution in [0.25, 0.3) is 0 Å². The molecule has 7 nitrogen and oxygen atoms in total. The molecule has 33 heavy (non-hydrogen) atoms. The first-order valence-corrected chi connectivity index (χ1v) is 12.5. The highest BCUT2D eigenvalue weighted by molar-refractivity contribution is 8.01. The minimum Gasteiger partial charge on any atom is -0.497 e. The van der Waals surface area contributed by atoms with Gasteiger partial charge in [-0.05, 0) is 55.5 Å². The Kier molecular flexibility index (Phi) is 7.51. The number of benzene rings is 2. The lowest BCUT2D eigenvalue weighted by Gasteiger charge is -2.36. The van der Waals surface area contributed by atoms with Crippen LogP contribution in [0.4, 0.5) is 11.4 Å². The number of aryl methyl sites for hydroxylation is 1. The molecule has 0 unspecified atom stereocenters. The van der Waals surface area contributed by atoms with Crippen LogP contribution in [0.5, 0.6) is 5.75 Å². The minimum atomic E-state index is -0.0498. The van der Waals surface area contributed by atoms with E-state index in [9.17, 15) is 9.59 Å². The van der Waals surface area contributed by atoms with Crippen molar-refractivity contribution in [2.24, 2.45) is 0 Å². The Hall–Kier alpha value is -3.04. The van der Waals surface area contributed by atoms with E-state index in [-0.39, 0.29) is 11.8 Å². The number of rotatable bonds is 7. The Morgan fingerprint density at radius 1 is 1.06 bits per heavy atom. The van der Waals surface area contributed by atoms with E-state index < -0.39 is 0 Å². The van der Waals surface area contributed by atoms with Crippen molar-refractivity contribution in [2.45, 2.75) is 11.3 Å². The number of carbonyl (C=O) groups excluding carboxylic acids is 2. The molecule has 2 aromatic carbocycles. The lowest BCUT2D eigenvalue weighted by molar-refractivity contribution is -0.113. The van der Waals surface area contributed by atoms with Gasteiger partial charge in [0, 0.05) is 54.2 Å². The zero-order valence-corrected chi connectivity index (χ0v) is 20.2. The molecule has 4 rings (SSSR count). The summed E-state index contributed by atoms with van der Waals surface area (Å²) in [6.45, 7) is 4.80. The number of thioether (sulfide) groups is 1. The first-order chi connectivity index (χ1) is 16.0. The van der Waals surface area contributed by atoms with Crippen LogP contribution < -0.4 is 15.0 Å². The summed E-state index contributed by atoms with van der Waals surface area (Å²) >= 11 is 3.00. The van der Waals surface area contributed by atoms with Gasteiger partial charge in [0.1, 0.15) is 5.75 Å². The maximum Gasteiger partial charge on any atom is 0.253 e. The van der Waals surface area contributed by atoms with Crippen molar-refractivity contribution in [3.05, 3.63) is 65.2 Å². The SMILES string of the molecule is COc1ccc(C(=O)N2CCN(c3ccc(NC(=O)CSc4nc(C)cs4)cc3)CC2)cc1. The maximum absolute atomic E-state index is 12.8. The van der Waals surface area contributed by atoms with Gasteiger partial charge in [-0.2, -0.15) is 0 Å². The number of nitrogens with one attached hydrogen (secondary N) is 1. The zero-order chi connectivity index (χ0) is 23.2. The molecule has 0 bridgehead atoms. The zero-order valence-electron chi connectivity index (χ0n) is 18.6. The second-order valence-corrected chi connectivity index (χ2v) is 9.73. The van der Waals surface area contributed by atoms with E-state index >= 15 is 0 Å². The quantitative estimate of drug-likeness (QED) is 0.510. The molecule has 1 aromatic heterocycles. The molecule has 1 fully saturated rings. The number of piperazine rings is 1. The summed E-state index contributed by atoms with van der Waals surface area (Å²) in [6, 6.07) is 15.1. The van der Waals surface area contributed by atoms with Crippen LogP contribution in [0.1, 0.15) is 16.1 Å². The van der Waals surface area contributed by atoms with E-state index in [1.165, 1.54) is 11.8 Å². The van der Waals surface area contributed by atoms with Gasteiger partial charge in [0.25, 0.3) is 5.91 Å². The van der Waals surface area contributed by atoms with E-state index in [1.807, 2.05) is 53.6 Å². The number of thiazole rings is 1. The van der Waals surface area contributed by atoms with E-state index in [1.54, 1.807) is 30.6 Å². The van der Waals surface area contributed by atoms with Crippen LogP contribution in [0.3, 0.4) is 0 Å². The molecule has 0 atom stereocenters. The molecule has 1 saturated heterocycles. The first-order valence-electron chi connectivity index (χ1n) is 10.6. The van der Waals surface area contributed by atoms with Crippen LogP contribution in [-0.2, 0) is 4.79 Å². The third-order valence-corrected chi connectivity index (χ3v) is 7.48. The standard InChI is InChI=1S/C24H26N4O3S2/c1-17-15-32-24(25-17)33-16-22(29)26-19-5-7-20(8-6-19)27-11-13-28(14-12-27)23(30)18-3-9-21(31-2)10-4-18/h3-10,15H,11-14,16H2,1-2H3,(H,26,29). The second kappa shape index (κ2) is 10.7. The Bertz CT molecular complexity index is 1090. The third kappa shape index (κ3) is 6.06. The molecule has 9 heteroatoms. The normalized spacial score (nSPS) is 13.6. The van der Waals surface area contributed by atoms with E-state index in [2.05, 4.69) is 15.2 Å². The highest BCUT2D eigenvalue weighted by Crippen LogP contribution is 2.24. The van der Waals surface area contributed by atoms with Crippen LogP contribution in [-0.4, -0.2) is 60.7 Å². The number of hydrogen-bond acceptors (Lipinski definition) is 7. The summed E-state index contributed by atoms with van der Waals surface area (Å²) < 4.78 is 6.07. The van der Waals surface area contributed by atoms with Gasteiger partial charge in [-0.15, -0.1) is 11.3 Å². The summed E-state index contributed by atoms with van der Waals surface area (Å²) in [5.74, 6) is 1.07. The van der Waals surface area contributed by atoms with Crippen molar-refractivity contribution in [3.8, 4) is 5.75 Å². The van der Waals surface area contributed by atoms with Crippen molar-refractivity contribution >= 4 is 46.3 Å². The van der Waals surface area contributed by atoms with Crippen molar-refractivity contribution in [1.29, 1.82) is 0 Å². The van der Waals surface area contributed by atoms with Gasteiger partial charge in [0.05, 0.1) is 12.9 Å². The smallest absolute Gasteiger partial charge is 0.253 e. The van der Waals surface area contributed by atoms with Gasteiger partial charge in [0.15, 0.2) is 4.34 Å². The van der Waals surface area contributed by atoms with Gasteiger partial charge < -0.3 is 19.9 Å². The van der Waals surface area contributed by atoms with Crippen molar-refractivity contribution < 1.29 is 14.3 Å². The number of hydrogen-bond donors (Lipinski definition) is 1. The van der Waals surface area contributed by atoms with Gasteiger partial charge in [0.2, 0.25) is 5.91 Å². The van der Waals surface area contributed by atoms with Crippen molar-refractivity contribution in [2.75, 3.05) is 49.3 Å². The van der Waals surface area contributed by atoms with Gasteiger partial charge in [-0.3, -0.25) is 9.59 Å². The predicted molar refractivity (Wildman–Crippen MR) is 134 cm³/mol. The largest absolute Gasteiger partial charge is 0.497 e. The highest BCUT2D eigenvalue weighted by atomic mass is 32.2. The predicted octanol–water partition coefficient (Wildman–Crippen LogP) is 4.15. The summed E-state index contributed by atoms with van der Waals surface area (Å²) in [5.41, 5.74) is 3.50. The summed E-state index contributed by atoms with van der Waals surface area (Å²) in [5, 5.41) is 4.91. The van der Waals surface area contributed by atoms with Gasteiger partial charge >= 0.3 is 0 Å². The Morgan fingerprint density at radius 3 is 2.36 bits per heavy atom. The average Bonchev–Trinajstić information content (AvgIpc) is 3.28. The topological polar surface area (TPSA) is 74.8 Å². The van der Waals surface area contributed by atoms with Crippen LogP contribution in [0.15, 0.2) is 58.3 Å². The Morgan fingerprint density at radius 2 is 1.76 bits per heavy atom. The molecule has 1 aliphatic rings. The molecular weight excluding hydrogens is 456 g/mol. The van der Waals surface area contributed by atoms with Gasteiger partial charge in [-0.25, -0.2) is 4.98 Å². The number of amides is 2. The van der Waals surface area contributed by atoms with Crippen LogP contribution >= 0.6 is 23.1 Å². The number of anilines is 2. The number of nitrogens with zero attached hydrogens (tertiary/aromatic N) is 3. The van der Waals surface area contributed by atoms with Crippen molar-refractivity contribution in [1.82, 2.24) is 9.88 Å². The highest BCUT2D eigenvalue weighted by Gasteiger charge is 2.22. The fourth-order valence-electron chi connectivity index (χ4n) is 3.56. The Labute approximate surface area is 201 Å². The summed E-state index contributed by atoms with van der Waals surface area (Å²) in [4.78, 5) is 33.5. The molecule has 0 radical (unpaired) electrons. The minimum absolute atomic E-state index is 0.0427. The number of ether oxygens (including phenoxy) is 1. The molecule has 0 aliphatic carbocycles. The monoisotopic (exact) mass is 482 g/mol. The molecule has 2 heterocycles. The molecule has 172 valence electrons. The first kappa shape index (κ1) is 23.1. The lowest BCUT2D eigenvalue weighted by Crippen LogP contribution is -2.48. The molecule has 1 N–H and O–H groups in total. The number of aromatic nitrogens is 1. The van der Waals surface area contributed by atoms with Gasteiger partial charge in [-0.1, -0.05) is 11.8 Å². The maximum atomic E-state index is 12.8. The Balaban J connectivity index is 1.25. The van der Waals surface area contributed by atoms with E-state index in [0.717, 1.165) is 40.2 Å². The second-order valence-electron chi connectivity index (χ2n) is 7.65. The fraction of sp³-hybridized carbons (Fsp3) is 0.292. The lowest BCUT2D eigenvalue weighted by atomic mass is 10.1. The molecule has 0 saturated carbocycles. The summed E-state index contributed by atoms with van der Waals surface area (Å²) in [6.07, 6.45) is 0. The molecule has 2 amide bonds.